The second-order valence-electron chi connectivity index (χ2n) is 6.61. The third-order valence-electron chi connectivity index (χ3n) is 5.76. The molecule has 3 unspecified atom stereocenters. The van der Waals surface area contributed by atoms with Crippen LogP contribution in [0.1, 0.15) is 43.5 Å². The number of hydrogen-bond acceptors (Lipinski definition) is 3. The summed E-state index contributed by atoms with van der Waals surface area (Å²) in [6.45, 7) is 4.58. The van der Waals surface area contributed by atoms with Gasteiger partial charge >= 0.3 is 5.97 Å². The highest BCUT2D eigenvalue weighted by Crippen LogP contribution is 2.64. The van der Waals surface area contributed by atoms with E-state index in [-0.39, 0.29) is 16.8 Å². The summed E-state index contributed by atoms with van der Waals surface area (Å²) in [5, 5.41) is 5.21. The molecule has 3 atom stereocenters. The van der Waals surface area contributed by atoms with Crippen LogP contribution >= 0.6 is 15.9 Å². The first-order chi connectivity index (χ1) is 10.0. The van der Waals surface area contributed by atoms with Gasteiger partial charge in [0.1, 0.15) is 0 Å². The van der Waals surface area contributed by atoms with Gasteiger partial charge in [-0.3, -0.25) is 0 Å². The number of fused-ring (bicyclic) bond motifs is 2. The third kappa shape index (κ3) is 2.15. The minimum absolute atomic E-state index is 0.0398. The zero-order valence-electron chi connectivity index (χ0n) is 12.4. The van der Waals surface area contributed by atoms with Crippen LogP contribution in [0.2, 0.25) is 0 Å². The number of nitrogens with zero attached hydrogens (tertiary/aromatic N) is 1. The number of rotatable bonds is 3. The van der Waals surface area contributed by atoms with Crippen LogP contribution in [0, 0.1) is 16.7 Å². The fraction of sp³-hybridized carbons (Fsp3) is 0.529. The molecule has 2 aliphatic rings. The summed E-state index contributed by atoms with van der Waals surface area (Å²) in [7, 11) is 0. The lowest BCUT2D eigenvalue weighted by atomic mass is 9.70. The van der Waals surface area contributed by atoms with E-state index < -0.39 is 0 Å². The molecule has 0 radical (unpaired) electrons. The molecule has 2 fully saturated rings. The van der Waals surface area contributed by atoms with Crippen molar-refractivity contribution in [1.82, 2.24) is 0 Å². The summed E-state index contributed by atoms with van der Waals surface area (Å²) in [6.07, 6.45) is 3.31. The first-order valence-electron chi connectivity index (χ1n) is 7.41. The van der Waals surface area contributed by atoms with Crippen LogP contribution < -0.4 is 0 Å². The molecule has 4 heteroatoms. The molecule has 3 rings (SSSR count). The van der Waals surface area contributed by atoms with Crippen LogP contribution in [-0.2, 0) is 4.84 Å². The highest BCUT2D eigenvalue weighted by atomic mass is 79.9. The van der Waals surface area contributed by atoms with E-state index in [1.165, 1.54) is 6.42 Å². The topological polar surface area (TPSA) is 38.7 Å². The van der Waals surface area contributed by atoms with Gasteiger partial charge in [-0.15, -0.1) is 0 Å². The summed E-state index contributed by atoms with van der Waals surface area (Å²) in [5.41, 5.74) is 1.84. The van der Waals surface area contributed by atoms with Crippen molar-refractivity contribution in [2.45, 2.75) is 33.1 Å². The van der Waals surface area contributed by atoms with Crippen molar-refractivity contribution >= 4 is 27.6 Å². The average Bonchev–Trinajstić information content (AvgIpc) is 2.89. The van der Waals surface area contributed by atoms with E-state index in [2.05, 4.69) is 34.9 Å². The van der Waals surface area contributed by atoms with Crippen molar-refractivity contribution in [2.75, 3.05) is 5.33 Å². The Morgan fingerprint density at radius 2 is 2.10 bits per heavy atom. The number of carbonyl (C=O) groups excluding carboxylic acids is 1. The zero-order valence-corrected chi connectivity index (χ0v) is 14.0. The molecule has 0 heterocycles. The van der Waals surface area contributed by atoms with Gasteiger partial charge in [-0.25, -0.2) is 4.79 Å². The van der Waals surface area contributed by atoms with Gasteiger partial charge in [0.05, 0.1) is 11.3 Å². The van der Waals surface area contributed by atoms with E-state index in [1.807, 2.05) is 18.2 Å². The lowest BCUT2D eigenvalue weighted by molar-refractivity contribution is 0.0508. The zero-order chi connectivity index (χ0) is 15.1. The number of oxime groups is 1. The monoisotopic (exact) mass is 349 g/mol. The second-order valence-corrected chi connectivity index (χ2v) is 7.17. The van der Waals surface area contributed by atoms with Crippen LogP contribution in [0.3, 0.4) is 0 Å². The first-order valence-corrected chi connectivity index (χ1v) is 8.53. The molecule has 0 amide bonds. The molecule has 112 valence electrons. The van der Waals surface area contributed by atoms with Crippen LogP contribution in [0.5, 0.6) is 0 Å². The van der Waals surface area contributed by atoms with Gasteiger partial charge in [-0.05, 0) is 42.7 Å². The van der Waals surface area contributed by atoms with Crippen molar-refractivity contribution < 1.29 is 9.63 Å². The number of carbonyl (C=O) groups is 1. The van der Waals surface area contributed by atoms with Gasteiger partial charge in [0, 0.05) is 10.7 Å². The number of halogens is 1. The molecule has 0 spiro atoms. The Bertz CT molecular complexity index is 586. The smallest absolute Gasteiger partial charge is 0.313 e. The quantitative estimate of drug-likeness (QED) is 0.460. The number of alkyl halides is 1. The van der Waals surface area contributed by atoms with Gasteiger partial charge in [-0.2, -0.15) is 0 Å². The molecular formula is C17H20BrNO2. The van der Waals surface area contributed by atoms with E-state index in [1.54, 1.807) is 12.1 Å². The summed E-state index contributed by atoms with van der Waals surface area (Å²) < 4.78 is 0. The molecule has 0 saturated heterocycles. The van der Waals surface area contributed by atoms with Crippen LogP contribution in [0.25, 0.3) is 0 Å². The van der Waals surface area contributed by atoms with Gasteiger partial charge in [0.15, 0.2) is 0 Å². The normalized spacial score (nSPS) is 36.1. The Morgan fingerprint density at radius 3 is 2.71 bits per heavy atom. The summed E-state index contributed by atoms with van der Waals surface area (Å²) in [6, 6.07) is 9.01. The average molecular weight is 350 g/mol. The van der Waals surface area contributed by atoms with Crippen LogP contribution in [0.4, 0.5) is 0 Å². The highest BCUT2D eigenvalue weighted by molar-refractivity contribution is 9.09. The number of hydrogen-bond donors (Lipinski definition) is 0. The number of benzene rings is 1. The van der Waals surface area contributed by atoms with Crippen molar-refractivity contribution in [1.29, 1.82) is 0 Å². The minimum Gasteiger partial charge on any atom is -0.313 e. The molecule has 3 nitrogen and oxygen atoms in total. The second kappa shape index (κ2) is 5.24. The maximum absolute atomic E-state index is 12.0. The molecule has 2 saturated carbocycles. The Labute approximate surface area is 133 Å². The Kier molecular flexibility index (Phi) is 3.68. The largest absolute Gasteiger partial charge is 0.365 e. The van der Waals surface area contributed by atoms with Gasteiger partial charge < -0.3 is 4.84 Å². The van der Waals surface area contributed by atoms with Crippen molar-refractivity contribution in [2.24, 2.45) is 21.9 Å². The standard InChI is InChI=1S/C17H20BrNO2/c1-16-9-8-13(17(16,2)11-18)10-14(16)19-21-15(20)12-6-4-3-5-7-12/h3-7,13H,8-11H2,1-2H3. The van der Waals surface area contributed by atoms with E-state index >= 15 is 0 Å². The Hall–Kier alpha value is -1.16. The molecule has 1 aromatic carbocycles. The van der Waals surface area contributed by atoms with Crippen LogP contribution in [0.15, 0.2) is 35.5 Å². The SMILES string of the molecule is CC12CCC(CC1=NOC(=O)c1ccccc1)C2(C)CBr. The summed E-state index contributed by atoms with van der Waals surface area (Å²) >= 11 is 3.67. The highest BCUT2D eigenvalue weighted by Gasteiger charge is 2.62. The molecule has 21 heavy (non-hydrogen) atoms. The summed E-state index contributed by atoms with van der Waals surface area (Å²) in [5.74, 6) is 0.256. The predicted molar refractivity (Wildman–Crippen MR) is 86.6 cm³/mol. The van der Waals surface area contributed by atoms with E-state index in [4.69, 9.17) is 4.84 Å². The summed E-state index contributed by atoms with van der Waals surface area (Å²) in [4.78, 5) is 17.2. The van der Waals surface area contributed by atoms with E-state index in [9.17, 15) is 4.79 Å². The lowest BCUT2D eigenvalue weighted by Gasteiger charge is -2.36. The maximum atomic E-state index is 12.0. The Morgan fingerprint density at radius 1 is 1.38 bits per heavy atom. The lowest BCUT2D eigenvalue weighted by Crippen LogP contribution is -2.36. The Balaban J connectivity index is 1.78. The fourth-order valence-electron chi connectivity index (χ4n) is 3.90. The van der Waals surface area contributed by atoms with E-state index in [0.717, 1.165) is 23.9 Å². The molecule has 0 aromatic heterocycles. The first kappa shape index (κ1) is 14.8. The molecule has 1 aromatic rings. The van der Waals surface area contributed by atoms with Crippen molar-refractivity contribution in [3.05, 3.63) is 35.9 Å². The molecule has 2 bridgehead atoms. The maximum Gasteiger partial charge on any atom is 0.365 e. The minimum atomic E-state index is -0.380. The third-order valence-corrected chi connectivity index (χ3v) is 6.92. The fourth-order valence-corrected chi connectivity index (χ4v) is 4.97. The van der Waals surface area contributed by atoms with Crippen molar-refractivity contribution in [3.63, 3.8) is 0 Å². The van der Waals surface area contributed by atoms with Crippen molar-refractivity contribution in [3.8, 4) is 0 Å². The predicted octanol–water partition coefficient (Wildman–Crippen LogP) is 4.42. The van der Waals surface area contributed by atoms with Gasteiger partial charge in [0.25, 0.3) is 0 Å². The van der Waals surface area contributed by atoms with Gasteiger partial charge in [0.2, 0.25) is 0 Å². The van der Waals surface area contributed by atoms with Crippen LogP contribution in [-0.4, -0.2) is 17.0 Å². The van der Waals surface area contributed by atoms with Gasteiger partial charge in [-0.1, -0.05) is 53.1 Å². The molecule has 0 N–H and O–H groups in total. The van der Waals surface area contributed by atoms with E-state index in [0.29, 0.717) is 11.5 Å². The molecule has 2 aliphatic carbocycles. The molecule has 0 aliphatic heterocycles. The molecular weight excluding hydrogens is 330 g/mol.